The highest BCUT2D eigenvalue weighted by molar-refractivity contribution is 6.08. The first kappa shape index (κ1) is 31.9. The standard InChI is InChI=1S/C33H50O8/c1-9-10-15-40-25(38)12-11-18(2)20-16-24(37)33(8)26-21(35)17-22-30(4,5)23(36)13-14-31(22,6)27(26)28(39)29(32(20,33)7)41-19(3)34/h18,20-23,29,35-36H,9-17H2,1-8H3. The van der Waals surface area contributed by atoms with E-state index in [1.54, 1.807) is 0 Å². The highest BCUT2D eigenvalue weighted by atomic mass is 16.5. The van der Waals surface area contributed by atoms with Crippen LogP contribution in [0.3, 0.4) is 0 Å². The predicted molar refractivity (Wildman–Crippen MR) is 152 cm³/mol. The second kappa shape index (κ2) is 10.9. The van der Waals surface area contributed by atoms with E-state index in [0.29, 0.717) is 43.4 Å². The minimum atomic E-state index is -1.23. The molecule has 0 radical (unpaired) electrons. The highest BCUT2D eigenvalue weighted by Crippen LogP contribution is 2.71. The van der Waals surface area contributed by atoms with Crippen LogP contribution in [-0.2, 0) is 28.7 Å². The minimum Gasteiger partial charge on any atom is -0.466 e. The smallest absolute Gasteiger partial charge is 0.305 e. The first-order chi connectivity index (χ1) is 19.0. The van der Waals surface area contributed by atoms with Crippen molar-refractivity contribution < 1.29 is 38.9 Å². The minimum absolute atomic E-state index is 0.0734. The van der Waals surface area contributed by atoms with Crippen molar-refractivity contribution >= 4 is 23.5 Å². The van der Waals surface area contributed by atoms with E-state index in [1.165, 1.54) is 6.92 Å². The number of carbonyl (C=O) groups is 4. The molecule has 4 aliphatic carbocycles. The van der Waals surface area contributed by atoms with Crippen molar-refractivity contribution in [2.45, 2.75) is 125 Å². The van der Waals surface area contributed by atoms with Crippen LogP contribution in [0, 0.1) is 39.4 Å². The normalized spacial score (nSPS) is 40.4. The molecule has 0 aromatic heterocycles. The first-order valence-electron chi connectivity index (χ1n) is 15.5. The Bertz CT molecular complexity index is 1140. The van der Waals surface area contributed by atoms with E-state index in [2.05, 4.69) is 0 Å². The number of esters is 2. The van der Waals surface area contributed by atoms with Crippen molar-refractivity contribution in [3.63, 3.8) is 0 Å². The molecule has 2 saturated carbocycles. The molecule has 0 aliphatic heterocycles. The summed E-state index contributed by atoms with van der Waals surface area (Å²) in [6.07, 6.45) is 1.12. The molecule has 0 heterocycles. The zero-order chi connectivity index (χ0) is 30.7. The molecule has 0 bridgehead atoms. The van der Waals surface area contributed by atoms with Gasteiger partial charge in [-0.25, -0.2) is 0 Å². The van der Waals surface area contributed by atoms with Crippen LogP contribution < -0.4 is 0 Å². The Labute approximate surface area is 244 Å². The lowest BCUT2D eigenvalue weighted by Gasteiger charge is -2.62. The van der Waals surface area contributed by atoms with Crippen LogP contribution in [0.5, 0.6) is 0 Å². The Morgan fingerprint density at radius 3 is 2.37 bits per heavy atom. The molecule has 0 aromatic carbocycles. The lowest BCUT2D eigenvalue weighted by molar-refractivity contribution is -0.178. The van der Waals surface area contributed by atoms with Crippen LogP contribution in [0.1, 0.15) is 107 Å². The van der Waals surface area contributed by atoms with Gasteiger partial charge in [0.2, 0.25) is 5.78 Å². The van der Waals surface area contributed by atoms with Gasteiger partial charge in [0, 0.05) is 30.8 Å². The molecule has 230 valence electrons. The molecular formula is C33H50O8. The number of Topliss-reactive ketones (excluding diaryl/α,β-unsaturated/α-hetero) is 2. The van der Waals surface area contributed by atoms with Crippen LogP contribution in [-0.4, -0.2) is 58.6 Å². The van der Waals surface area contributed by atoms with Crippen LogP contribution in [0.4, 0.5) is 0 Å². The van der Waals surface area contributed by atoms with E-state index < -0.39 is 45.9 Å². The number of ether oxygens (including phenoxy) is 2. The third-order valence-electron chi connectivity index (χ3n) is 12.0. The maximum atomic E-state index is 14.7. The molecular weight excluding hydrogens is 524 g/mol. The van der Waals surface area contributed by atoms with Crippen molar-refractivity contribution in [3.05, 3.63) is 11.1 Å². The van der Waals surface area contributed by atoms with E-state index in [0.717, 1.165) is 12.8 Å². The maximum absolute atomic E-state index is 14.7. The third kappa shape index (κ3) is 4.62. The topological polar surface area (TPSA) is 127 Å². The van der Waals surface area contributed by atoms with Crippen molar-refractivity contribution in [1.82, 2.24) is 0 Å². The molecule has 41 heavy (non-hydrogen) atoms. The lowest BCUT2D eigenvalue weighted by Crippen LogP contribution is -2.65. The summed E-state index contributed by atoms with van der Waals surface area (Å²) < 4.78 is 11.2. The molecule has 0 aromatic rings. The molecule has 4 rings (SSSR count). The molecule has 2 N–H and O–H groups in total. The molecule has 4 aliphatic rings. The van der Waals surface area contributed by atoms with Crippen molar-refractivity contribution in [2.75, 3.05) is 6.61 Å². The molecule has 9 atom stereocenters. The largest absolute Gasteiger partial charge is 0.466 e. The second-order valence-corrected chi connectivity index (χ2v) is 14.5. The SMILES string of the molecule is CCCCOC(=O)CCC(C)C1CC(=O)C2(C)C3=C(C(=O)C(OC(C)=O)C12C)C1(C)CCC(O)C(C)(C)C1CC3O. The Morgan fingerprint density at radius 1 is 1.10 bits per heavy atom. The van der Waals surface area contributed by atoms with Gasteiger partial charge in [0.25, 0.3) is 0 Å². The Morgan fingerprint density at radius 2 is 1.76 bits per heavy atom. The molecule has 0 saturated heterocycles. The lowest BCUT2D eigenvalue weighted by atomic mass is 9.42. The van der Waals surface area contributed by atoms with Crippen LogP contribution in [0.2, 0.25) is 0 Å². The average Bonchev–Trinajstić information content (AvgIpc) is 3.10. The fourth-order valence-corrected chi connectivity index (χ4v) is 9.38. The van der Waals surface area contributed by atoms with Gasteiger partial charge in [-0.1, -0.05) is 48.0 Å². The number of hydrogen-bond donors (Lipinski definition) is 2. The Kier molecular flexibility index (Phi) is 8.47. The number of unbranched alkanes of at least 4 members (excludes halogenated alkanes) is 1. The van der Waals surface area contributed by atoms with E-state index >= 15 is 0 Å². The van der Waals surface area contributed by atoms with Crippen molar-refractivity contribution in [2.24, 2.45) is 39.4 Å². The number of fused-ring (bicyclic) bond motifs is 4. The summed E-state index contributed by atoms with van der Waals surface area (Å²) in [5.41, 5.74) is -2.68. The summed E-state index contributed by atoms with van der Waals surface area (Å²) in [5, 5.41) is 22.7. The monoisotopic (exact) mass is 574 g/mol. The van der Waals surface area contributed by atoms with Gasteiger partial charge in [-0.2, -0.15) is 0 Å². The fourth-order valence-electron chi connectivity index (χ4n) is 9.38. The van der Waals surface area contributed by atoms with Gasteiger partial charge >= 0.3 is 11.9 Å². The Hall–Kier alpha value is -2.06. The second-order valence-electron chi connectivity index (χ2n) is 14.5. The van der Waals surface area contributed by atoms with Crippen molar-refractivity contribution in [3.8, 4) is 0 Å². The molecule has 8 heteroatoms. The van der Waals surface area contributed by atoms with Crippen molar-refractivity contribution in [1.29, 1.82) is 0 Å². The summed E-state index contributed by atoms with van der Waals surface area (Å²) in [7, 11) is 0. The summed E-state index contributed by atoms with van der Waals surface area (Å²) in [6.45, 7) is 15.3. The number of rotatable bonds is 8. The molecule has 8 nitrogen and oxygen atoms in total. The molecule has 0 amide bonds. The summed E-state index contributed by atoms with van der Waals surface area (Å²) >= 11 is 0. The maximum Gasteiger partial charge on any atom is 0.305 e. The zero-order valence-corrected chi connectivity index (χ0v) is 26.2. The van der Waals surface area contributed by atoms with Gasteiger partial charge in [0.15, 0.2) is 6.10 Å². The fraction of sp³-hybridized carbons (Fsp3) is 0.818. The highest BCUT2D eigenvalue weighted by Gasteiger charge is 2.74. The van der Waals surface area contributed by atoms with Crippen LogP contribution in [0.15, 0.2) is 11.1 Å². The summed E-state index contributed by atoms with van der Waals surface area (Å²) in [6, 6.07) is 0. The van der Waals surface area contributed by atoms with Gasteiger partial charge < -0.3 is 19.7 Å². The van der Waals surface area contributed by atoms with E-state index in [4.69, 9.17) is 9.47 Å². The summed E-state index contributed by atoms with van der Waals surface area (Å²) in [4.78, 5) is 53.8. The van der Waals surface area contributed by atoms with Crippen LogP contribution >= 0.6 is 0 Å². The molecule has 9 unspecified atom stereocenters. The Balaban J connectivity index is 1.81. The number of aliphatic hydroxyl groups is 2. The van der Waals surface area contributed by atoms with Gasteiger partial charge in [-0.3, -0.25) is 19.2 Å². The summed E-state index contributed by atoms with van der Waals surface area (Å²) in [5.74, 6) is -1.99. The van der Waals surface area contributed by atoms with Gasteiger partial charge in [0.05, 0.1) is 24.2 Å². The van der Waals surface area contributed by atoms with Crippen LogP contribution in [0.25, 0.3) is 0 Å². The first-order valence-corrected chi connectivity index (χ1v) is 15.5. The molecule has 2 fully saturated rings. The third-order valence-corrected chi connectivity index (χ3v) is 12.0. The molecule has 0 spiro atoms. The number of carbonyl (C=O) groups excluding carboxylic acids is 4. The van der Waals surface area contributed by atoms with Gasteiger partial charge in [-0.05, 0) is 73.2 Å². The van der Waals surface area contributed by atoms with Gasteiger partial charge in [-0.15, -0.1) is 0 Å². The quantitative estimate of drug-likeness (QED) is 0.315. The zero-order valence-electron chi connectivity index (χ0n) is 26.2. The predicted octanol–water partition coefficient (Wildman–Crippen LogP) is 4.73. The number of aliphatic hydroxyl groups excluding tert-OH is 2. The average molecular weight is 575 g/mol. The number of ketones is 2. The van der Waals surface area contributed by atoms with E-state index in [-0.39, 0.29) is 48.1 Å². The van der Waals surface area contributed by atoms with E-state index in [9.17, 15) is 29.4 Å². The van der Waals surface area contributed by atoms with Gasteiger partial charge in [0.1, 0.15) is 5.78 Å². The number of hydrogen-bond acceptors (Lipinski definition) is 8. The van der Waals surface area contributed by atoms with E-state index in [1.807, 2.05) is 48.5 Å².